The first-order valence-corrected chi connectivity index (χ1v) is 8.76. The Balaban J connectivity index is 0.000000224. The van der Waals surface area contributed by atoms with Gasteiger partial charge in [-0.2, -0.15) is 11.2 Å². The summed E-state index contributed by atoms with van der Waals surface area (Å²) in [6, 6.07) is 10.3. The quantitative estimate of drug-likeness (QED) is 0.254. The number of hydrogen-bond donors (Lipinski definition) is 0. The van der Waals surface area contributed by atoms with E-state index in [9.17, 15) is 17.6 Å². The van der Waals surface area contributed by atoms with Gasteiger partial charge in [0.05, 0.1) is 12.3 Å². The molecule has 7 nitrogen and oxygen atoms in total. The molecule has 0 fully saturated rings. The Hall–Kier alpha value is -3.11. The van der Waals surface area contributed by atoms with Crippen LogP contribution in [0.2, 0.25) is 0 Å². The minimum Gasteiger partial charge on any atom is -0.493 e. The number of nitrogens with zero attached hydrogens (tertiary/aromatic N) is 7. The first-order chi connectivity index (χ1) is 14.7. The number of aromatic nitrogens is 3. The molecule has 0 bridgehead atoms. The Morgan fingerprint density at radius 1 is 1.00 bits per heavy atom. The first-order valence-electron chi connectivity index (χ1n) is 8.76. The van der Waals surface area contributed by atoms with Crippen molar-refractivity contribution in [1.82, 2.24) is 19.9 Å². The van der Waals surface area contributed by atoms with E-state index in [4.69, 9.17) is 0 Å². The molecule has 0 unspecified atom stereocenters. The number of anilines is 2. The van der Waals surface area contributed by atoms with Crippen LogP contribution in [0.4, 0.5) is 28.9 Å². The Morgan fingerprint density at radius 2 is 1.66 bits per heavy atom. The van der Waals surface area contributed by atoms with Gasteiger partial charge in [-0.05, 0) is 24.5 Å². The van der Waals surface area contributed by atoms with Gasteiger partial charge in [-0.15, -0.1) is 18.8 Å². The van der Waals surface area contributed by atoms with Gasteiger partial charge < -0.3 is 24.8 Å². The number of pyridine rings is 3. The van der Waals surface area contributed by atoms with Gasteiger partial charge in [0, 0.05) is 26.0 Å². The SMILES string of the molecule is CN(C)c1ccnc(-c2[c-]cc(F)nc2F)c1.CN1C=NN(c2[c-]cc(F)nc2F)[CH-]1.[Ir+3]. The molecule has 4 heterocycles. The molecule has 4 rings (SSSR count). The molecule has 0 aromatic carbocycles. The zero-order valence-electron chi connectivity index (χ0n) is 17.0. The van der Waals surface area contributed by atoms with Gasteiger partial charge in [-0.3, -0.25) is 13.8 Å². The molecule has 1 aliphatic heterocycles. The van der Waals surface area contributed by atoms with Crippen LogP contribution in [-0.2, 0) is 20.1 Å². The molecule has 0 saturated heterocycles. The second-order valence-electron chi connectivity index (χ2n) is 6.40. The molecule has 0 N–H and O–H groups in total. The van der Waals surface area contributed by atoms with E-state index in [1.165, 1.54) is 18.0 Å². The van der Waals surface area contributed by atoms with Crippen molar-refractivity contribution < 1.29 is 37.7 Å². The van der Waals surface area contributed by atoms with Crippen molar-refractivity contribution in [3.8, 4) is 11.3 Å². The summed E-state index contributed by atoms with van der Waals surface area (Å²) in [4.78, 5) is 13.6. The molecular weight excluding hydrogens is 606 g/mol. The molecule has 3 aromatic heterocycles. The van der Waals surface area contributed by atoms with E-state index in [1.807, 2.05) is 19.0 Å². The minimum atomic E-state index is -0.936. The zero-order valence-corrected chi connectivity index (χ0v) is 19.4. The van der Waals surface area contributed by atoms with Gasteiger partial charge in [0.2, 0.25) is 0 Å². The summed E-state index contributed by atoms with van der Waals surface area (Å²) >= 11 is 0. The fourth-order valence-electron chi connectivity index (χ4n) is 2.40. The maximum absolute atomic E-state index is 13.4. The summed E-state index contributed by atoms with van der Waals surface area (Å²) in [6.45, 7) is 1.52. The summed E-state index contributed by atoms with van der Waals surface area (Å²) in [6.07, 6.45) is 3.04. The second kappa shape index (κ2) is 11.0. The summed E-state index contributed by atoms with van der Waals surface area (Å²) in [5.41, 5.74) is 1.30. The largest absolute Gasteiger partial charge is 3.00 e. The third-order valence-electron chi connectivity index (χ3n) is 3.87. The average molecular weight is 623 g/mol. The van der Waals surface area contributed by atoms with Crippen molar-refractivity contribution >= 4 is 17.7 Å². The molecule has 0 amide bonds. The maximum atomic E-state index is 13.4. The van der Waals surface area contributed by atoms with Crippen LogP contribution in [0.25, 0.3) is 11.3 Å². The molecule has 0 atom stereocenters. The second-order valence-corrected chi connectivity index (χ2v) is 6.40. The third-order valence-corrected chi connectivity index (χ3v) is 3.87. The number of hydrogen-bond acceptors (Lipinski definition) is 7. The van der Waals surface area contributed by atoms with Crippen LogP contribution in [0.15, 0.2) is 35.6 Å². The van der Waals surface area contributed by atoms with Crippen LogP contribution in [-0.4, -0.2) is 47.3 Å². The smallest absolute Gasteiger partial charge is 0.493 e. The summed E-state index contributed by atoms with van der Waals surface area (Å²) in [5.74, 6) is -3.64. The van der Waals surface area contributed by atoms with Crippen molar-refractivity contribution in [3.63, 3.8) is 0 Å². The molecule has 1 aliphatic rings. The van der Waals surface area contributed by atoms with Crippen LogP contribution in [0.1, 0.15) is 0 Å². The van der Waals surface area contributed by atoms with Crippen LogP contribution in [0, 0.1) is 42.6 Å². The van der Waals surface area contributed by atoms with E-state index in [0.717, 1.165) is 17.8 Å². The molecule has 0 spiro atoms. The van der Waals surface area contributed by atoms with E-state index < -0.39 is 23.8 Å². The van der Waals surface area contributed by atoms with Crippen molar-refractivity contribution in [1.29, 1.82) is 0 Å². The fourth-order valence-corrected chi connectivity index (χ4v) is 2.40. The standard InChI is InChI=1S/C12H10F2N3.C8H6F2N4.Ir/c1-17(2)8-5-6-15-10(7-8)9-3-4-11(13)16-12(9)14;1-13-4-11-14(5-13)6-2-3-7(9)12-8(6)10;/h4-7H,1-2H3;3-5H,1H3;/q-1;-2;+3. The van der Waals surface area contributed by atoms with Crippen LogP contribution < -0.4 is 9.91 Å². The first kappa shape index (κ1) is 25.2. The van der Waals surface area contributed by atoms with Crippen LogP contribution >= 0.6 is 0 Å². The predicted octanol–water partition coefficient (Wildman–Crippen LogP) is 3.26. The fraction of sp³-hybridized carbons (Fsp3) is 0.150. The molecule has 168 valence electrons. The monoisotopic (exact) mass is 623 g/mol. The van der Waals surface area contributed by atoms with Crippen LogP contribution in [0.3, 0.4) is 0 Å². The van der Waals surface area contributed by atoms with E-state index >= 15 is 0 Å². The molecular formula is C20H16F4IrN7. The minimum absolute atomic E-state index is 0. The summed E-state index contributed by atoms with van der Waals surface area (Å²) in [5, 5.41) is 5.05. The number of rotatable bonds is 3. The Labute approximate surface area is 195 Å². The van der Waals surface area contributed by atoms with Crippen LogP contribution in [0.5, 0.6) is 0 Å². The van der Waals surface area contributed by atoms with E-state index in [2.05, 4.69) is 32.2 Å². The molecule has 12 heteroatoms. The summed E-state index contributed by atoms with van der Waals surface area (Å²) < 4.78 is 51.6. The zero-order chi connectivity index (χ0) is 22.5. The van der Waals surface area contributed by atoms with Gasteiger partial charge in [0.15, 0.2) is 0 Å². The Bertz CT molecular complexity index is 1100. The van der Waals surface area contributed by atoms with E-state index in [0.29, 0.717) is 5.69 Å². The topological polar surface area (TPSA) is 60.8 Å². The van der Waals surface area contributed by atoms with Gasteiger partial charge >= 0.3 is 20.1 Å². The third kappa shape index (κ3) is 6.21. The molecule has 3 aromatic rings. The van der Waals surface area contributed by atoms with Crippen molar-refractivity contribution in [3.05, 3.63) is 73.1 Å². The molecule has 0 radical (unpaired) electrons. The Kier molecular flexibility index (Phi) is 8.62. The maximum Gasteiger partial charge on any atom is 3.00 e. The van der Waals surface area contributed by atoms with Crippen molar-refractivity contribution in [2.75, 3.05) is 31.1 Å². The van der Waals surface area contributed by atoms with Gasteiger partial charge in [-0.25, -0.2) is 8.78 Å². The van der Waals surface area contributed by atoms with Gasteiger partial charge in [0.25, 0.3) is 0 Å². The van der Waals surface area contributed by atoms with Crippen molar-refractivity contribution in [2.24, 2.45) is 5.10 Å². The average Bonchev–Trinajstić information content (AvgIpc) is 3.14. The normalized spacial score (nSPS) is 12.2. The molecule has 32 heavy (non-hydrogen) atoms. The number of hydrazone groups is 1. The molecule has 0 saturated carbocycles. The Morgan fingerprint density at radius 3 is 2.22 bits per heavy atom. The summed E-state index contributed by atoms with van der Waals surface area (Å²) in [7, 11) is 5.46. The predicted molar refractivity (Wildman–Crippen MR) is 107 cm³/mol. The molecule has 0 aliphatic carbocycles. The van der Waals surface area contributed by atoms with Gasteiger partial charge in [-0.1, -0.05) is 17.7 Å². The van der Waals surface area contributed by atoms with E-state index in [1.54, 1.807) is 30.3 Å². The number of halogens is 4. The van der Waals surface area contributed by atoms with E-state index in [-0.39, 0.29) is 31.4 Å². The van der Waals surface area contributed by atoms with Gasteiger partial charge in [0.1, 0.15) is 17.8 Å². The van der Waals surface area contributed by atoms with Crippen molar-refractivity contribution in [2.45, 2.75) is 0 Å².